The minimum Gasteiger partial charge on any atom is -0.394 e. The number of aliphatic hydroxyl groups excluding tert-OH is 7. The van der Waals surface area contributed by atoms with Crippen molar-refractivity contribution >= 4 is 5.91 Å². The summed E-state index contributed by atoms with van der Waals surface area (Å²) in [5.41, 5.74) is 0. The van der Waals surface area contributed by atoms with Crippen LogP contribution in [-0.4, -0.2) is 110 Å². The molecule has 1 heterocycles. The zero-order chi connectivity index (χ0) is 56.8. The highest BCUT2D eigenvalue weighted by molar-refractivity contribution is 5.80. The van der Waals surface area contributed by atoms with Gasteiger partial charge >= 0.3 is 0 Å². The summed E-state index contributed by atoms with van der Waals surface area (Å²) < 4.78 is 11.2. The first kappa shape index (κ1) is 75.1. The van der Waals surface area contributed by atoms with Crippen molar-refractivity contribution in [3.8, 4) is 0 Å². The summed E-state index contributed by atoms with van der Waals surface area (Å²) in [6.07, 6.45) is 56.3. The maximum absolute atomic E-state index is 13.2. The molecule has 0 aromatic rings. The van der Waals surface area contributed by atoms with Crippen LogP contribution in [0.1, 0.15) is 354 Å². The number of carbonyl (C=O) groups excluding carboxylic acids is 1. The number of amides is 1. The van der Waals surface area contributed by atoms with Crippen molar-refractivity contribution in [1.82, 2.24) is 5.32 Å². The maximum Gasteiger partial charge on any atom is 0.249 e. The normalized spacial score (nSPS) is 19.3. The van der Waals surface area contributed by atoms with Crippen molar-refractivity contribution < 1.29 is 50.0 Å². The molecule has 466 valence electrons. The summed E-state index contributed by atoms with van der Waals surface area (Å²) in [6.45, 7) is 3.51. The van der Waals surface area contributed by atoms with Crippen molar-refractivity contribution in [2.24, 2.45) is 0 Å². The molecular formula is C67H133NO10. The van der Waals surface area contributed by atoms with Crippen LogP contribution in [0, 0.1) is 0 Å². The third kappa shape index (κ3) is 43.7. The van der Waals surface area contributed by atoms with E-state index in [0.29, 0.717) is 19.3 Å². The molecule has 0 aromatic heterocycles. The van der Waals surface area contributed by atoms with Gasteiger partial charge in [0, 0.05) is 0 Å². The van der Waals surface area contributed by atoms with Gasteiger partial charge in [-0.1, -0.05) is 341 Å². The fourth-order valence-electron chi connectivity index (χ4n) is 11.6. The van der Waals surface area contributed by atoms with Crippen molar-refractivity contribution in [3.05, 3.63) is 0 Å². The summed E-state index contributed by atoms with van der Waals surface area (Å²) in [4.78, 5) is 13.2. The van der Waals surface area contributed by atoms with Gasteiger partial charge in [-0.3, -0.25) is 4.79 Å². The van der Waals surface area contributed by atoms with Crippen molar-refractivity contribution in [2.45, 2.75) is 409 Å². The number of hydrogen-bond acceptors (Lipinski definition) is 10. The van der Waals surface area contributed by atoms with Crippen LogP contribution in [-0.2, 0) is 14.3 Å². The summed E-state index contributed by atoms with van der Waals surface area (Å²) in [5, 5.41) is 76.3. The Hall–Kier alpha value is -0.890. The molecule has 1 saturated heterocycles. The molecule has 0 spiro atoms. The highest BCUT2D eigenvalue weighted by atomic mass is 16.7. The average molecular weight is 1110 g/mol. The average Bonchev–Trinajstić information content (AvgIpc) is 3.46. The Morgan fingerprint density at radius 2 is 0.667 bits per heavy atom. The van der Waals surface area contributed by atoms with E-state index in [1.165, 1.54) is 276 Å². The van der Waals surface area contributed by atoms with Crippen LogP contribution in [0.5, 0.6) is 0 Å². The Morgan fingerprint density at radius 3 is 0.949 bits per heavy atom. The lowest BCUT2D eigenvalue weighted by Gasteiger charge is -2.40. The fraction of sp³-hybridized carbons (Fsp3) is 0.985. The number of hydrogen-bond donors (Lipinski definition) is 8. The van der Waals surface area contributed by atoms with Crippen LogP contribution in [0.3, 0.4) is 0 Å². The maximum atomic E-state index is 13.2. The van der Waals surface area contributed by atoms with E-state index in [-0.39, 0.29) is 6.42 Å². The number of nitrogens with one attached hydrogen (secondary N) is 1. The van der Waals surface area contributed by atoms with Crippen molar-refractivity contribution in [3.63, 3.8) is 0 Å². The van der Waals surface area contributed by atoms with E-state index in [0.717, 1.165) is 38.5 Å². The molecule has 1 amide bonds. The van der Waals surface area contributed by atoms with E-state index in [9.17, 15) is 40.5 Å². The van der Waals surface area contributed by atoms with Crippen LogP contribution in [0.25, 0.3) is 0 Å². The molecule has 0 saturated carbocycles. The molecule has 0 bridgehead atoms. The Labute approximate surface area is 481 Å². The van der Waals surface area contributed by atoms with Crippen LogP contribution in [0.2, 0.25) is 0 Å². The molecule has 9 unspecified atom stereocenters. The predicted molar refractivity (Wildman–Crippen MR) is 326 cm³/mol. The van der Waals surface area contributed by atoms with E-state index in [1.807, 2.05) is 0 Å². The minimum atomic E-state index is -1.66. The summed E-state index contributed by atoms with van der Waals surface area (Å²) in [5.74, 6) is -0.688. The van der Waals surface area contributed by atoms with Crippen LogP contribution < -0.4 is 5.32 Å². The zero-order valence-electron chi connectivity index (χ0n) is 51.4. The van der Waals surface area contributed by atoms with Crippen LogP contribution in [0.15, 0.2) is 0 Å². The van der Waals surface area contributed by atoms with Gasteiger partial charge in [0.1, 0.15) is 36.6 Å². The topological polar surface area (TPSA) is 189 Å². The summed E-state index contributed by atoms with van der Waals surface area (Å²) >= 11 is 0. The summed E-state index contributed by atoms with van der Waals surface area (Å²) in [7, 11) is 0. The number of rotatable bonds is 61. The lowest BCUT2D eigenvalue weighted by molar-refractivity contribution is -0.303. The Bertz CT molecular complexity index is 1230. The van der Waals surface area contributed by atoms with E-state index in [4.69, 9.17) is 9.47 Å². The van der Waals surface area contributed by atoms with Gasteiger partial charge in [0.15, 0.2) is 6.29 Å². The van der Waals surface area contributed by atoms with Gasteiger partial charge in [0.25, 0.3) is 0 Å². The number of ether oxygens (including phenoxy) is 2. The standard InChI is InChI=1S/C67H133NO10/c1-3-5-7-9-11-13-15-17-19-20-21-22-23-24-25-26-27-28-29-30-31-32-33-34-35-36-37-38-39-41-43-45-47-49-51-53-55-60(71)66(76)68-58(57-77-67-65(75)64(74)63(73)61(56-69)78-67)62(72)59(70)54-52-50-48-46-44-42-40-18-16-14-12-10-8-6-4-2/h58-65,67,69-75H,3-57H2,1-2H3,(H,68,76). The van der Waals surface area contributed by atoms with Gasteiger partial charge in [-0.15, -0.1) is 0 Å². The lowest BCUT2D eigenvalue weighted by atomic mass is 9.98. The SMILES string of the molecule is CCCCCCCCCCCCCCCCCCCCCCCCCCCCCCCCCCCCCCC(O)C(=O)NC(COC1OC(CO)C(O)C(O)C1O)C(O)C(O)CCCCCCCCCCCCCCCCC. The monoisotopic (exact) mass is 1110 g/mol. The van der Waals surface area contributed by atoms with Gasteiger partial charge in [-0.25, -0.2) is 0 Å². The molecule has 1 aliphatic heterocycles. The van der Waals surface area contributed by atoms with E-state index < -0.39 is 74.2 Å². The zero-order valence-corrected chi connectivity index (χ0v) is 51.4. The molecule has 1 aliphatic rings. The lowest BCUT2D eigenvalue weighted by Crippen LogP contribution is -2.60. The third-order valence-electron chi connectivity index (χ3n) is 17.2. The molecule has 0 radical (unpaired) electrons. The molecule has 9 atom stereocenters. The molecule has 0 aromatic carbocycles. The van der Waals surface area contributed by atoms with Crippen LogP contribution >= 0.6 is 0 Å². The molecule has 1 rings (SSSR count). The van der Waals surface area contributed by atoms with Crippen molar-refractivity contribution in [2.75, 3.05) is 13.2 Å². The van der Waals surface area contributed by atoms with Gasteiger partial charge in [-0.05, 0) is 12.8 Å². The molecule has 11 heteroatoms. The van der Waals surface area contributed by atoms with E-state index >= 15 is 0 Å². The van der Waals surface area contributed by atoms with Crippen molar-refractivity contribution in [1.29, 1.82) is 0 Å². The first-order valence-electron chi connectivity index (χ1n) is 34.4. The molecular weight excluding hydrogens is 979 g/mol. The smallest absolute Gasteiger partial charge is 0.249 e. The second-order valence-electron chi connectivity index (χ2n) is 24.6. The van der Waals surface area contributed by atoms with E-state index in [1.54, 1.807) is 0 Å². The highest BCUT2D eigenvalue weighted by Gasteiger charge is 2.44. The highest BCUT2D eigenvalue weighted by Crippen LogP contribution is 2.24. The van der Waals surface area contributed by atoms with Crippen LogP contribution in [0.4, 0.5) is 0 Å². The Morgan fingerprint density at radius 1 is 0.397 bits per heavy atom. The largest absolute Gasteiger partial charge is 0.394 e. The first-order valence-corrected chi connectivity index (χ1v) is 34.4. The molecule has 8 N–H and O–H groups in total. The molecule has 11 nitrogen and oxygen atoms in total. The quantitative estimate of drug-likeness (QED) is 0.0272. The van der Waals surface area contributed by atoms with Gasteiger partial charge in [-0.2, -0.15) is 0 Å². The van der Waals surface area contributed by atoms with Gasteiger partial charge in [0.2, 0.25) is 5.91 Å². The molecule has 1 fully saturated rings. The Balaban J connectivity index is 2.10. The predicted octanol–water partition coefficient (Wildman–Crippen LogP) is 16.1. The fourth-order valence-corrected chi connectivity index (χ4v) is 11.6. The second-order valence-corrected chi connectivity index (χ2v) is 24.6. The number of carbonyl (C=O) groups is 1. The molecule has 0 aliphatic carbocycles. The molecule has 78 heavy (non-hydrogen) atoms. The van der Waals surface area contributed by atoms with Gasteiger partial charge < -0.3 is 50.5 Å². The second kappa shape index (κ2) is 56.6. The Kier molecular flexibility index (Phi) is 54.5. The third-order valence-corrected chi connectivity index (χ3v) is 17.2. The van der Waals surface area contributed by atoms with E-state index in [2.05, 4.69) is 19.2 Å². The summed E-state index contributed by atoms with van der Waals surface area (Å²) in [6, 6.07) is -1.16. The number of unbranched alkanes of at least 4 members (excludes halogenated alkanes) is 49. The minimum absolute atomic E-state index is 0.267. The van der Waals surface area contributed by atoms with Gasteiger partial charge in [0.05, 0.1) is 25.4 Å². The first-order chi connectivity index (χ1) is 38.2. The number of aliphatic hydroxyl groups is 7.